The van der Waals surface area contributed by atoms with Crippen LogP contribution in [0.15, 0.2) is 23.1 Å². The van der Waals surface area contributed by atoms with Gasteiger partial charge in [-0.2, -0.15) is 0 Å². The zero-order chi connectivity index (χ0) is 15.1. The van der Waals surface area contributed by atoms with Crippen LogP contribution in [0.2, 0.25) is 0 Å². The number of nitrogens with zero attached hydrogens (tertiary/aromatic N) is 1. The first-order valence-corrected chi connectivity index (χ1v) is 7.88. The number of hydrogen-bond acceptors (Lipinski definition) is 3. The predicted molar refractivity (Wildman–Crippen MR) is 72.1 cm³/mol. The van der Waals surface area contributed by atoms with Crippen LogP contribution in [0.1, 0.15) is 30.6 Å². The lowest BCUT2D eigenvalue weighted by molar-refractivity contribution is 0.0738. The lowest BCUT2D eigenvalue weighted by Gasteiger charge is -2.22. The van der Waals surface area contributed by atoms with E-state index in [0.717, 1.165) is 24.6 Å². The Bertz CT molecular complexity index is 645. The summed E-state index contributed by atoms with van der Waals surface area (Å²) in [5, 5.41) is 5.00. The van der Waals surface area contributed by atoms with E-state index in [9.17, 15) is 17.6 Å². The highest BCUT2D eigenvalue weighted by molar-refractivity contribution is 7.89. The second-order valence-corrected chi connectivity index (χ2v) is 6.90. The van der Waals surface area contributed by atoms with Crippen LogP contribution in [-0.2, 0) is 10.0 Å². The molecule has 5 nitrogen and oxygen atoms in total. The molecule has 0 saturated carbocycles. The summed E-state index contributed by atoms with van der Waals surface area (Å²) in [7, 11) is -3.96. The first-order valence-electron chi connectivity index (χ1n) is 6.33. The maximum Gasteiger partial charge on any atom is 0.257 e. The van der Waals surface area contributed by atoms with Crippen molar-refractivity contribution < 1.29 is 17.6 Å². The van der Waals surface area contributed by atoms with Gasteiger partial charge in [-0.25, -0.2) is 17.9 Å². The third kappa shape index (κ3) is 2.83. The molecule has 2 N–H and O–H groups in total. The van der Waals surface area contributed by atoms with Crippen molar-refractivity contribution in [1.29, 1.82) is 0 Å². The van der Waals surface area contributed by atoms with E-state index in [0.29, 0.717) is 12.5 Å². The Kier molecular flexibility index (Phi) is 3.84. The first kappa shape index (κ1) is 14.9. The molecule has 1 aromatic carbocycles. The van der Waals surface area contributed by atoms with Crippen molar-refractivity contribution in [3.8, 4) is 0 Å². The number of nitrogens with two attached hydrogens (primary N) is 1. The molecule has 1 aliphatic heterocycles. The molecule has 1 aromatic rings. The number of sulfonamides is 1. The van der Waals surface area contributed by atoms with Gasteiger partial charge in [0.2, 0.25) is 10.0 Å². The summed E-state index contributed by atoms with van der Waals surface area (Å²) in [5.74, 6) is -0.891. The monoisotopic (exact) mass is 300 g/mol. The van der Waals surface area contributed by atoms with E-state index in [4.69, 9.17) is 5.14 Å². The van der Waals surface area contributed by atoms with Gasteiger partial charge in [0.25, 0.3) is 5.91 Å². The van der Waals surface area contributed by atoms with Crippen molar-refractivity contribution >= 4 is 15.9 Å². The Morgan fingerprint density at radius 2 is 2.05 bits per heavy atom. The third-order valence-electron chi connectivity index (χ3n) is 3.54. The number of amides is 1. The van der Waals surface area contributed by atoms with Crippen molar-refractivity contribution in [1.82, 2.24) is 4.90 Å². The lowest BCUT2D eigenvalue weighted by atomic mass is 10.1. The fourth-order valence-corrected chi connectivity index (χ4v) is 3.12. The smallest absolute Gasteiger partial charge is 0.257 e. The van der Waals surface area contributed by atoms with E-state index >= 15 is 0 Å². The highest BCUT2D eigenvalue weighted by Crippen LogP contribution is 2.25. The van der Waals surface area contributed by atoms with Crippen molar-refractivity contribution in [3.05, 3.63) is 29.6 Å². The third-order valence-corrected chi connectivity index (χ3v) is 4.45. The first-order chi connectivity index (χ1) is 9.20. The SMILES string of the molecule is CC1CC(C)N(C(=O)c2cc(S(N)(=O)=O)ccc2F)C1. The summed E-state index contributed by atoms with van der Waals surface area (Å²) in [6.45, 7) is 4.45. The minimum absolute atomic E-state index is 0.00930. The van der Waals surface area contributed by atoms with Gasteiger partial charge in [-0.05, 0) is 37.5 Å². The van der Waals surface area contributed by atoms with E-state index < -0.39 is 21.7 Å². The average molecular weight is 300 g/mol. The number of halogens is 1. The fraction of sp³-hybridized carbons (Fsp3) is 0.462. The normalized spacial score (nSPS) is 23.1. The summed E-state index contributed by atoms with van der Waals surface area (Å²) >= 11 is 0. The van der Waals surface area contributed by atoms with Crippen LogP contribution >= 0.6 is 0 Å². The molecular weight excluding hydrogens is 283 g/mol. The van der Waals surface area contributed by atoms with Crippen LogP contribution in [0.4, 0.5) is 4.39 Å². The zero-order valence-corrected chi connectivity index (χ0v) is 12.2. The molecule has 0 aliphatic carbocycles. The van der Waals surface area contributed by atoms with Crippen LogP contribution in [-0.4, -0.2) is 31.8 Å². The van der Waals surface area contributed by atoms with E-state index in [1.165, 1.54) is 0 Å². The van der Waals surface area contributed by atoms with Crippen LogP contribution in [0.25, 0.3) is 0 Å². The van der Waals surface area contributed by atoms with Crippen LogP contribution in [0, 0.1) is 11.7 Å². The second kappa shape index (κ2) is 5.14. The highest BCUT2D eigenvalue weighted by Gasteiger charge is 2.32. The van der Waals surface area contributed by atoms with Gasteiger partial charge in [-0.3, -0.25) is 4.79 Å². The number of rotatable bonds is 2. The van der Waals surface area contributed by atoms with Crippen LogP contribution in [0.3, 0.4) is 0 Å². The van der Waals surface area contributed by atoms with Crippen molar-refractivity contribution in [2.45, 2.75) is 31.2 Å². The number of benzene rings is 1. The van der Waals surface area contributed by atoms with E-state index in [-0.39, 0.29) is 16.5 Å². The van der Waals surface area contributed by atoms with Gasteiger partial charge in [0.15, 0.2) is 0 Å². The minimum Gasteiger partial charge on any atom is -0.336 e. The zero-order valence-electron chi connectivity index (χ0n) is 11.3. The van der Waals surface area contributed by atoms with E-state index in [1.807, 2.05) is 13.8 Å². The predicted octanol–water partition coefficient (Wildman–Crippen LogP) is 1.34. The molecule has 2 atom stereocenters. The number of carbonyl (C=O) groups excluding carboxylic acids is 1. The minimum atomic E-state index is -3.96. The van der Waals surface area contributed by atoms with Gasteiger partial charge in [-0.1, -0.05) is 6.92 Å². The molecule has 7 heteroatoms. The quantitative estimate of drug-likeness (QED) is 0.895. The Morgan fingerprint density at radius 1 is 1.40 bits per heavy atom. The molecule has 1 heterocycles. The Balaban J connectivity index is 2.40. The highest BCUT2D eigenvalue weighted by atomic mass is 32.2. The molecule has 0 radical (unpaired) electrons. The van der Waals surface area contributed by atoms with Gasteiger partial charge in [0, 0.05) is 12.6 Å². The number of primary sulfonamides is 1. The molecule has 20 heavy (non-hydrogen) atoms. The van der Waals surface area contributed by atoms with Crippen molar-refractivity contribution in [2.24, 2.45) is 11.1 Å². The summed E-state index contributed by atoms with van der Waals surface area (Å²) in [4.78, 5) is 13.7. The molecule has 1 saturated heterocycles. The Morgan fingerprint density at radius 3 is 2.55 bits per heavy atom. The second-order valence-electron chi connectivity index (χ2n) is 5.33. The topological polar surface area (TPSA) is 80.5 Å². The molecule has 2 unspecified atom stereocenters. The fourth-order valence-electron chi connectivity index (χ4n) is 2.58. The van der Waals surface area contributed by atoms with Crippen molar-refractivity contribution in [3.63, 3.8) is 0 Å². The average Bonchev–Trinajstić information content (AvgIpc) is 2.66. The van der Waals surface area contributed by atoms with Gasteiger partial charge in [-0.15, -0.1) is 0 Å². The van der Waals surface area contributed by atoms with E-state index in [1.54, 1.807) is 4.90 Å². The molecule has 0 bridgehead atoms. The molecule has 1 aliphatic rings. The molecule has 1 fully saturated rings. The summed E-state index contributed by atoms with van der Waals surface area (Å²) in [6.07, 6.45) is 0.849. The summed E-state index contributed by atoms with van der Waals surface area (Å²) < 4.78 is 36.4. The number of carbonyl (C=O) groups is 1. The van der Waals surface area contributed by atoms with Gasteiger partial charge >= 0.3 is 0 Å². The maximum absolute atomic E-state index is 13.8. The maximum atomic E-state index is 13.8. The number of hydrogen-bond donors (Lipinski definition) is 1. The van der Waals surface area contributed by atoms with Gasteiger partial charge < -0.3 is 4.90 Å². The van der Waals surface area contributed by atoms with Crippen LogP contribution < -0.4 is 5.14 Å². The molecule has 2 rings (SSSR count). The van der Waals surface area contributed by atoms with Crippen LogP contribution in [0.5, 0.6) is 0 Å². The van der Waals surface area contributed by atoms with Gasteiger partial charge in [0.05, 0.1) is 10.5 Å². The Labute approximate surface area is 117 Å². The lowest BCUT2D eigenvalue weighted by Crippen LogP contribution is -2.34. The standard InChI is InChI=1S/C13H17FN2O3S/c1-8-5-9(2)16(7-8)13(17)11-6-10(20(15,18)19)3-4-12(11)14/h3-4,6,8-9H,5,7H2,1-2H3,(H2,15,18,19). The number of likely N-dealkylation sites (tertiary alicyclic amines) is 1. The Hall–Kier alpha value is -1.47. The molecule has 0 spiro atoms. The van der Waals surface area contributed by atoms with Crippen molar-refractivity contribution in [2.75, 3.05) is 6.54 Å². The molecule has 1 amide bonds. The summed E-state index contributed by atoms with van der Waals surface area (Å²) in [6, 6.07) is 3.02. The van der Waals surface area contributed by atoms with E-state index in [2.05, 4.69) is 0 Å². The summed E-state index contributed by atoms with van der Waals surface area (Å²) in [5.41, 5.74) is -0.252. The molecular formula is C13H17FN2O3S. The van der Waals surface area contributed by atoms with Gasteiger partial charge in [0.1, 0.15) is 5.82 Å². The molecule has 110 valence electrons. The largest absolute Gasteiger partial charge is 0.336 e. The molecule has 0 aromatic heterocycles.